The Morgan fingerprint density at radius 2 is 2.20 bits per heavy atom. The van der Waals surface area contributed by atoms with Gasteiger partial charge in [-0.3, -0.25) is 4.79 Å². The molecule has 1 aromatic carbocycles. The van der Waals surface area contributed by atoms with Gasteiger partial charge in [-0.25, -0.2) is 0 Å². The van der Waals surface area contributed by atoms with Crippen molar-refractivity contribution >= 4 is 11.6 Å². The molecule has 0 aliphatic carbocycles. The van der Waals surface area contributed by atoms with E-state index in [2.05, 4.69) is 11.4 Å². The molecule has 2 aliphatic heterocycles. The number of carbonyl (C=O) groups is 1. The maximum atomic E-state index is 12.0. The van der Waals surface area contributed by atoms with E-state index in [0.717, 1.165) is 24.4 Å². The summed E-state index contributed by atoms with van der Waals surface area (Å²) < 4.78 is 10.8. The summed E-state index contributed by atoms with van der Waals surface area (Å²) in [5, 5.41) is 3.36. The average Bonchev–Trinajstić information content (AvgIpc) is 2.53. The van der Waals surface area contributed by atoms with Crippen molar-refractivity contribution in [3.63, 3.8) is 0 Å². The van der Waals surface area contributed by atoms with Crippen LogP contribution < -0.4 is 10.1 Å². The van der Waals surface area contributed by atoms with E-state index in [0.29, 0.717) is 26.3 Å². The topological polar surface area (TPSA) is 50.8 Å². The van der Waals surface area contributed by atoms with E-state index in [-0.39, 0.29) is 12.5 Å². The van der Waals surface area contributed by atoms with Crippen molar-refractivity contribution in [2.24, 2.45) is 0 Å². The van der Waals surface area contributed by atoms with Crippen LogP contribution in [0.1, 0.15) is 12.0 Å². The summed E-state index contributed by atoms with van der Waals surface area (Å²) in [5.74, 6) is 0.777. The number of carbonyl (C=O) groups excluding carboxylic acids is 1. The van der Waals surface area contributed by atoms with Gasteiger partial charge in [0.05, 0.1) is 13.2 Å². The summed E-state index contributed by atoms with van der Waals surface area (Å²) >= 11 is 0. The molecule has 1 amide bonds. The Kier molecular flexibility index (Phi) is 4.06. The lowest BCUT2D eigenvalue weighted by atomic mass is 10.0. The fourth-order valence-electron chi connectivity index (χ4n) is 2.58. The summed E-state index contributed by atoms with van der Waals surface area (Å²) in [6, 6.07) is 6.01. The molecule has 2 aliphatic rings. The summed E-state index contributed by atoms with van der Waals surface area (Å²) in [5.41, 5.74) is 2.45. The van der Waals surface area contributed by atoms with Crippen molar-refractivity contribution in [2.45, 2.75) is 12.8 Å². The van der Waals surface area contributed by atoms with Gasteiger partial charge < -0.3 is 19.7 Å². The van der Waals surface area contributed by atoms with Gasteiger partial charge in [0.25, 0.3) is 5.91 Å². The first-order valence-corrected chi connectivity index (χ1v) is 7.18. The number of aryl methyl sites for hydroxylation is 1. The SMILES string of the molecule is O=C(COc1ccc2c(c1)NCCC2)N1CCOCC1. The van der Waals surface area contributed by atoms with Crippen LogP contribution in [0, 0.1) is 0 Å². The van der Waals surface area contributed by atoms with Gasteiger partial charge in [-0.1, -0.05) is 6.07 Å². The van der Waals surface area contributed by atoms with E-state index in [1.165, 1.54) is 12.0 Å². The van der Waals surface area contributed by atoms with E-state index in [1.54, 1.807) is 4.90 Å². The molecule has 3 rings (SSSR count). The first-order chi connectivity index (χ1) is 9.83. The summed E-state index contributed by atoms with van der Waals surface area (Å²) in [6.45, 7) is 3.66. The van der Waals surface area contributed by atoms with Gasteiger partial charge in [0, 0.05) is 31.4 Å². The molecule has 108 valence electrons. The predicted molar refractivity (Wildman–Crippen MR) is 76.1 cm³/mol. The third kappa shape index (κ3) is 3.04. The van der Waals surface area contributed by atoms with E-state index in [4.69, 9.17) is 9.47 Å². The van der Waals surface area contributed by atoms with E-state index in [9.17, 15) is 4.79 Å². The van der Waals surface area contributed by atoms with Gasteiger partial charge >= 0.3 is 0 Å². The Hall–Kier alpha value is -1.75. The lowest BCUT2D eigenvalue weighted by Crippen LogP contribution is -2.42. The minimum Gasteiger partial charge on any atom is -0.484 e. The molecule has 5 nitrogen and oxygen atoms in total. The fourth-order valence-corrected chi connectivity index (χ4v) is 2.58. The number of hydrogen-bond donors (Lipinski definition) is 1. The predicted octanol–water partition coefficient (Wildman–Crippen LogP) is 1.28. The molecule has 1 fully saturated rings. The van der Waals surface area contributed by atoms with E-state index < -0.39 is 0 Å². The Morgan fingerprint density at radius 3 is 3.05 bits per heavy atom. The number of nitrogens with one attached hydrogen (secondary N) is 1. The van der Waals surface area contributed by atoms with Gasteiger partial charge in [-0.15, -0.1) is 0 Å². The number of nitrogens with zero attached hydrogens (tertiary/aromatic N) is 1. The van der Waals surface area contributed by atoms with Crippen LogP contribution in [0.15, 0.2) is 18.2 Å². The van der Waals surface area contributed by atoms with Crippen LogP contribution in [0.25, 0.3) is 0 Å². The van der Waals surface area contributed by atoms with Gasteiger partial charge in [0.1, 0.15) is 5.75 Å². The number of morpholine rings is 1. The molecule has 5 heteroatoms. The van der Waals surface area contributed by atoms with Crippen LogP contribution in [0.4, 0.5) is 5.69 Å². The second-order valence-electron chi connectivity index (χ2n) is 5.13. The minimum absolute atomic E-state index is 0.0268. The van der Waals surface area contributed by atoms with Gasteiger partial charge in [0.2, 0.25) is 0 Å². The second kappa shape index (κ2) is 6.13. The number of amides is 1. The third-order valence-electron chi connectivity index (χ3n) is 3.75. The largest absolute Gasteiger partial charge is 0.484 e. The molecule has 0 unspecified atom stereocenters. The lowest BCUT2D eigenvalue weighted by molar-refractivity contribution is -0.137. The molecule has 2 heterocycles. The van der Waals surface area contributed by atoms with Crippen LogP contribution in [-0.4, -0.2) is 50.3 Å². The van der Waals surface area contributed by atoms with Crippen molar-refractivity contribution < 1.29 is 14.3 Å². The number of hydrogen-bond acceptors (Lipinski definition) is 4. The molecule has 0 bridgehead atoms. The van der Waals surface area contributed by atoms with E-state index >= 15 is 0 Å². The molecule has 0 aromatic heterocycles. The van der Waals surface area contributed by atoms with Crippen LogP contribution in [0.5, 0.6) is 5.75 Å². The molecule has 1 aromatic rings. The Bertz CT molecular complexity index is 484. The van der Waals surface area contributed by atoms with Crippen molar-refractivity contribution in [3.05, 3.63) is 23.8 Å². The van der Waals surface area contributed by atoms with Crippen molar-refractivity contribution in [2.75, 3.05) is 44.8 Å². The van der Waals surface area contributed by atoms with Crippen LogP contribution in [0.3, 0.4) is 0 Å². The van der Waals surface area contributed by atoms with E-state index in [1.807, 2.05) is 12.1 Å². The molecular weight excluding hydrogens is 256 g/mol. The molecule has 20 heavy (non-hydrogen) atoms. The third-order valence-corrected chi connectivity index (χ3v) is 3.75. The Balaban J connectivity index is 1.56. The van der Waals surface area contributed by atoms with Crippen molar-refractivity contribution in [3.8, 4) is 5.75 Å². The second-order valence-corrected chi connectivity index (χ2v) is 5.13. The van der Waals surface area contributed by atoms with Crippen molar-refractivity contribution in [1.82, 2.24) is 4.90 Å². The molecule has 0 radical (unpaired) electrons. The first kappa shape index (κ1) is 13.2. The van der Waals surface area contributed by atoms with Gasteiger partial charge in [-0.2, -0.15) is 0 Å². The molecule has 1 saturated heterocycles. The summed E-state index contributed by atoms with van der Waals surface area (Å²) in [7, 11) is 0. The highest BCUT2D eigenvalue weighted by molar-refractivity contribution is 5.78. The zero-order valence-electron chi connectivity index (χ0n) is 11.6. The monoisotopic (exact) mass is 276 g/mol. The number of fused-ring (bicyclic) bond motifs is 1. The highest BCUT2D eigenvalue weighted by atomic mass is 16.5. The minimum atomic E-state index is 0.0268. The fraction of sp³-hybridized carbons (Fsp3) is 0.533. The zero-order valence-corrected chi connectivity index (χ0v) is 11.6. The number of benzene rings is 1. The van der Waals surface area contributed by atoms with Gasteiger partial charge in [0.15, 0.2) is 6.61 Å². The van der Waals surface area contributed by atoms with Gasteiger partial charge in [-0.05, 0) is 24.5 Å². The highest BCUT2D eigenvalue weighted by Crippen LogP contribution is 2.26. The number of anilines is 1. The molecular formula is C15H20N2O3. The smallest absolute Gasteiger partial charge is 0.260 e. The number of rotatable bonds is 3. The maximum absolute atomic E-state index is 12.0. The Morgan fingerprint density at radius 1 is 1.35 bits per heavy atom. The quantitative estimate of drug-likeness (QED) is 0.903. The average molecular weight is 276 g/mol. The van der Waals surface area contributed by atoms with Crippen LogP contribution in [0.2, 0.25) is 0 Å². The summed E-state index contributed by atoms with van der Waals surface area (Å²) in [4.78, 5) is 13.8. The first-order valence-electron chi connectivity index (χ1n) is 7.18. The lowest BCUT2D eigenvalue weighted by Gasteiger charge is -2.26. The zero-order chi connectivity index (χ0) is 13.8. The maximum Gasteiger partial charge on any atom is 0.260 e. The standard InChI is InChI=1S/C15H20N2O3/c18-15(17-6-8-19-9-7-17)11-20-13-4-3-12-2-1-5-16-14(12)10-13/h3-4,10,16H,1-2,5-9,11H2. The van der Waals surface area contributed by atoms with Crippen LogP contribution in [-0.2, 0) is 16.0 Å². The van der Waals surface area contributed by atoms with Crippen LogP contribution >= 0.6 is 0 Å². The normalized spacial score (nSPS) is 18.1. The summed E-state index contributed by atoms with van der Waals surface area (Å²) in [6.07, 6.45) is 2.28. The molecule has 0 saturated carbocycles. The number of ether oxygens (including phenoxy) is 2. The molecule has 0 atom stereocenters. The Labute approximate surface area is 118 Å². The molecule has 0 spiro atoms. The van der Waals surface area contributed by atoms with Crippen molar-refractivity contribution in [1.29, 1.82) is 0 Å². The molecule has 1 N–H and O–H groups in total. The highest BCUT2D eigenvalue weighted by Gasteiger charge is 2.17.